The van der Waals surface area contributed by atoms with Crippen LogP contribution in [0.5, 0.6) is 0 Å². The van der Waals surface area contributed by atoms with Crippen LogP contribution < -0.4 is 5.32 Å². The van der Waals surface area contributed by atoms with Crippen molar-refractivity contribution >= 4 is 0 Å². The van der Waals surface area contributed by atoms with Crippen molar-refractivity contribution in [2.24, 2.45) is 0 Å². The van der Waals surface area contributed by atoms with Crippen LogP contribution in [0.3, 0.4) is 0 Å². The lowest BCUT2D eigenvalue weighted by Gasteiger charge is -2.00. The molecule has 14 heavy (non-hydrogen) atoms. The van der Waals surface area contributed by atoms with Crippen LogP contribution in [0.1, 0.15) is 50.2 Å². The molecule has 0 atom stereocenters. The molecule has 0 aromatic carbocycles. The topological polar surface area (TPSA) is 53.6 Å². The zero-order valence-corrected chi connectivity index (χ0v) is 8.71. The van der Waals surface area contributed by atoms with Gasteiger partial charge < -0.3 is 5.32 Å². The van der Waals surface area contributed by atoms with Gasteiger partial charge in [-0.25, -0.2) is 4.98 Å². The zero-order chi connectivity index (χ0) is 9.80. The molecule has 1 saturated carbocycles. The Morgan fingerprint density at radius 2 is 2.21 bits per heavy atom. The number of aromatic nitrogens is 3. The first-order valence-corrected chi connectivity index (χ1v) is 5.52. The van der Waals surface area contributed by atoms with Gasteiger partial charge in [0, 0.05) is 5.92 Å². The summed E-state index contributed by atoms with van der Waals surface area (Å²) in [6.07, 6.45) is 5.19. The second kappa shape index (κ2) is 4.55. The Kier molecular flexibility index (Phi) is 3.14. The van der Waals surface area contributed by atoms with Crippen molar-refractivity contribution in [3.8, 4) is 0 Å². The fourth-order valence-electron chi connectivity index (χ4n) is 2.00. The van der Waals surface area contributed by atoms with Gasteiger partial charge in [-0.15, -0.1) is 0 Å². The van der Waals surface area contributed by atoms with E-state index in [-0.39, 0.29) is 0 Å². The maximum atomic E-state index is 4.50. The van der Waals surface area contributed by atoms with Gasteiger partial charge in [0.05, 0.1) is 6.54 Å². The van der Waals surface area contributed by atoms with Crippen molar-refractivity contribution in [3.05, 3.63) is 11.6 Å². The van der Waals surface area contributed by atoms with Crippen LogP contribution in [0, 0.1) is 0 Å². The first kappa shape index (κ1) is 9.65. The van der Waals surface area contributed by atoms with Gasteiger partial charge in [0.2, 0.25) is 0 Å². The maximum absolute atomic E-state index is 4.50. The number of aromatic amines is 1. The largest absolute Gasteiger partial charge is 0.310 e. The molecule has 1 aromatic rings. The molecule has 0 amide bonds. The molecular formula is C10H18N4. The van der Waals surface area contributed by atoms with Crippen LogP contribution in [-0.2, 0) is 6.54 Å². The van der Waals surface area contributed by atoms with Gasteiger partial charge in [-0.2, -0.15) is 5.10 Å². The van der Waals surface area contributed by atoms with E-state index in [1.807, 2.05) is 0 Å². The minimum absolute atomic E-state index is 0.613. The Bertz CT molecular complexity index is 275. The number of nitrogens with zero attached hydrogens (tertiary/aromatic N) is 2. The summed E-state index contributed by atoms with van der Waals surface area (Å²) in [4.78, 5) is 4.50. The van der Waals surface area contributed by atoms with E-state index in [1.165, 1.54) is 25.7 Å². The third kappa shape index (κ3) is 2.12. The van der Waals surface area contributed by atoms with E-state index in [1.54, 1.807) is 0 Å². The van der Waals surface area contributed by atoms with Gasteiger partial charge in [-0.05, 0) is 19.4 Å². The molecule has 0 radical (unpaired) electrons. The van der Waals surface area contributed by atoms with Crippen LogP contribution in [0.25, 0.3) is 0 Å². The molecule has 2 N–H and O–H groups in total. The lowest BCUT2D eigenvalue weighted by atomic mass is 10.1. The van der Waals surface area contributed by atoms with Gasteiger partial charge in [0.1, 0.15) is 5.82 Å². The Balaban J connectivity index is 1.94. The Labute approximate surface area is 84.5 Å². The Morgan fingerprint density at radius 3 is 2.93 bits per heavy atom. The lowest BCUT2D eigenvalue weighted by Crippen LogP contribution is -2.12. The quantitative estimate of drug-likeness (QED) is 0.765. The average molecular weight is 194 g/mol. The molecular weight excluding hydrogens is 176 g/mol. The third-order valence-electron chi connectivity index (χ3n) is 2.81. The number of H-pyrrole nitrogens is 1. The summed E-state index contributed by atoms with van der Waals surface area (Å²) < 4.78 is 0. The van der Waals surface area contributed by atoms with Crippen LogP contribution in [0.4, 0.5) is 0 Å². The predicted octanol–water partition coefficient (Wildman–Crippen LogP) is 1.57. The first-order valence-electron chi connectivity index (χ1n) is 5.52. The van der Waals surface area contributed by atoms with Crippen molar-refractivity contribution in [2.45, 2.75) is 45.1 Å². The standard InChI is InChI=1S/C10H18N4/c1-2-11-7-9-12-10(14-13-9)8-5-3-4-6-8/h8,11H,2-7H2,1H3,(H,12,13,14). The fourth-order valence-corrected chi connectivity index (χ4v) is 2.00. The minimum Gasteiger partial charge on any atom is -0.310 e. The second-order valence-electron chi connectivity index (χ2n) is 3.90. The smallest absolute Gasteiger partial charge is 0.153 e. The van der Waals surface area contributed by atoms with Gasteiger partial charge in [-0.1, -0.05) is 19.8 Å². The van der Waals surface area contributed by atoms with Gasteiger partial charge in [0.15, 0.2) is 5.82 Å². The summed E-state index contributed by atoms with van der Waals surface area (Å²) in [5.74, 6) is 2.60. The maximum Gasteiger partial charge on any atom is 0.153 e. The molecule has 1 aromatic heterocycles. The first-order chi connectivity index (χ1) is 6.90. The number of nitrogens with one attached hydrogen (secondary N) is 2. The normalized spacial score (nSPS) is 17.8. The summed E-state index contributed by atoms with van der Waals surface area (Å²) in [5.41, 5.74) is 0. The molecule has 1 fully saturated rings. The summed E-state index contributed by atoms with van der Waals surface area (Å²) in [5, 5.41) is 10.5. The van der Waals surface area contributed by atoms with E-state index in [0.29, 0.717) is 5.92 Å². The lowest BCUT2D eigenvalue weighted by molar-refractivity contribution is 0.667. The molecule has 0 saturated heterocycles. The molecule has 0 bridgehead atoms. The minimum atomic E-state index is 0.613. The third-order valence-corrected chi connectivity index (χ3v) is 2.81. The molecule has 4 nitrogen and oxygen atoms in total. The van der Waals surface area contributed by atoms with E-state index in [2.05, 4.69) is 27.4 Å². The molecule has 1 aliphatic rings. The van der Waals surface area contributed by atoms with Gasteiger partial charge in [0.25, 0.3) is 0 Å². The molecule has 0 unspecified atom stereocenters. The average Bonchev–Trinajstić information content (AvgIpc) is 2.85. The van der Waals surface area contributed by atoms with Gasteiger partial charge in [-0.3, -0.25) is 5.10 Å². The Hall–Kier alpha value is -0.900. The van der Waals surface area contributed by atoms with E-state index >= 15 is 0 Å². The molecule has 0 spiro atoms. The van der Waals surface area contributed by atoms with Crippen molar-refractivity contribution in [3.63, 3.8) is 0 Å². The SMILES string of the molecule is CCNCc1nc(C2CCCC2)n[nH]1. The number of rotatable bonds is 4. The highest BCUT2D eigenvalue weighted by Crippen LogP contribution is 2.31. The van der Waals surface area contributed by atoms with E-state index in [0.717, 1.165) is 24.7 Å². The highest BCUT2D eigenvalue weighted by atomic mass is 15.2. The van der Waals surface area contributed by atoms with Gasteiger partial charge >= 0.3 is 0 Å². The Morgan fingerprint density at radius 1 is 1.43 bits per heavy atom. The molecule has 78 valence electrons. The molecule has 1 heterocycles. The fraction of sp³-hybridized carbons (Fsp3) is 0.800. The summed E-state index contributed by atoms with van der Waals surface area (Å²) in [6.45, 7) is 3.87. The zero-order valence-electron chi connectivity index (χ0n) is 8.71. The van der Waals surface area contributed by atoms with Crippen molar-refractivity contribution < 1.29 is 0 Å². The highest BCUT2D eigenvalue weighted by Gasteiger charge is 2.20. The predicted molar refractivity (Wildman–Crippen MR) is 55.0 cm³/mol. The van der Waals surface area contributed by atoms with Crippen molar-refractivity contribution in [1.29, 1.82) is 0 Å². The second-order valence-corrected chi connectivity index (χ2v) is 3.90. The van der Waals surface area contributed by atoms with E-state index < -0.39 is 0 Å². The van der Waals surface area contributed by atoms with Crippen molar-refractivity contribution in [1.82, 2.24) is 20.5 Å². The van der Waals surface area contributed by atoms with Crippen molar-refractivity contribution in [2.75, 3.05) is 6.54 Å². The van der Waals surface area contributed by atoms with E-state index in [9.17, 15) is 0 Å². The highest BCUT2D eigenvalue weighted by molar-refractivity contribution is 4.99. The number of hydrogen-bond donors (Lipinski definition) is 2. The molecule has 2 rings (SSSR count). The van der Waals surface area contributed by atoms with E-state index in [4.69, 9.17) is 0 Å². The van der Waals surface area contributed by atoms with Crippen LogP contribution in [0.15, 0.2) is 0 Å². The monoisotopic (exact) mass is 194 g/mol. The van der Waals surface area contributed by atoms with Crippen LogP contribution >= 0.6 is 0 Å². The molecule has 4 heteroatoms. The molecule has 1 aliphatic carbocycles. The molecule has 0 aliphatic heterocycles. The van der Waals surface area contributed by atoms with Crippen LogP contribution in [-0.4, -0.2) is 21.7 Å². The number of hydrogen-bond acceptors (Lipinski definition) is 3. The summed E-state index contributed by atoms with van der Waals surface area (Å²) >= 11 is 0. The van der Waals surface area contributed by atoms with Crippen LogP contribution in [0.2, 0.25) is 0 Å². The summed E-state index contributed by atoms with van der Waals surface area (Å²) in [7, 11) is 0. The summed E-state index contributed by atoms with van der Waals surface area (Å²) in [6, 6.07) is 0.